The standard InChI is InChI=1S/C11H22F3NO2/c1-4-15-10(3,8-16)7-9(2)17-6-5-11(12,13)14/h9,15-16H,4-8H2,1-3H3. The van der Waals surface area contributed by atoms with Crippen LogP contribution in [0.3, 0.4) is 0 Å². The Bertz CT molecular complexity index is 211. The van der Waals surface area contributed by atoms with Crippen LogP contribution in [-0.2, 0) is 4.74 Å². The molecule has 17 heavy (non-hydrogen) atoms. The number of halogens is 3. The van der Waals surface area contributed by atoms with Crippen molar-refractivity contribution in [3.05, 3.63) is 0 Å². The van der Waals surface area contributed by atoms with Gasteiger partial charge in [0.1, 0.15) is 0 Å². The molecular weight excluding hydrogens is 235 g/mol. The first-order valence-electron chi connectivity index (χ1n) is 5.76. The van der Waals surface area contributed by atoms with Crippen molar-refractivity contribution in [3.63, 3.8) is 0 Å². The van der Waals surface area contributed by atoms with Crippen molar-refractivity contribution in [1.29, 1.82) is 0 Å². The minimum Gasteiger partial charge on any atom is -0.394 e. The van der Waals surface area contributed by atoms with Crippen LogP contribution in [0.15, 0.2) is 0 Å². The van der Waals surface area contributed by atoms with E-state index in [2.05, 4.69) is 5.32 Å². The predicted molar refractivity (Wildman–Crippen MR) is 59.9 cm³/mol. The predicted octanol–water partition coefficient (Wildman–Crippen LogP) is 2.09. The Balaban J connectivity index is 3.95. The van der Waals surface area contributed by atoms with E-state index in [1.807, 2.05) is 13.8 Å². The molecule has 0 aliphatic carbocycles. The van der Waals surface area contributed by atoms with Gasteiger partial charge in [-0.2, -0.15) is 13.2 Å². The molecule has 2 unspecified atom stereocenters. The molecule has 0 rings (SSSR count). The number of aliphatic hydroxyl groups excluding tert-OH is 1. The Morgan fingerprint density at radius 1 is 1.35 bits per heavy atom. The Hall–Kier alpha value is -0.330. The summed E-state index contributed by atoms with van der Waals surface area (Å²) in [5.74, 6) is 0. The fourth-order valence-corrected chi connectivity index (χ4v) is 1.69. The van der Waals surface area contributed by atoms with Crippen molar-refractivity contribution in [3.8, 4) is 0 Å². The minimum absolute atomic E-state index is 0.0756. The fourth-order valence-electron chi connectivity index (χ4n) is 1.69. The van der Waals surface area contributed by atoms with Gasteiger partial charge in [-0.1, -0.05) is 6.92 Å². The van der Waals surface area contributed by atoms with Gasteiger partial charge in [0.15, 0.2) is 0 Å². The lowest BCUT2D eigenvalue weighted by atomic mass is 9.96. The summed E-state index contributed by atoms with van der Waals surface area (Å²) >= 11 is 0. The molecule has 0 saturated carbocycles. The van der Waals surface area contributed by atoms with E-state index >= 15 is 0 Å². The third-order valence-electron chi connectivity index (χ3n) is 2.48. The van der Waals surface area contributed by atoms with Gasteiger partial charge >= 0.3 is 6.18 Å². The van der Waals surface area contributed by atoms with E-state index in [1.165, 1.54) is 0 Å². The number of alkyl halides is 3. The number of rotatable bonds is 8. The summed E-state index contributed by atoms with van der Waals surface area (Å²) in [7, 11) is 0. The number of hydrogen-bond acceptors (Lipinski definition) is 3. The van der Waals surface area contributed by atoms with Crippen LogP contribution < -0.4 is 5.32 Å². The Morgan fingerprint density at radius 2 is 1.94 bits per heavy atom. The first-order chi connectivity index (χ1) is 7.72. The molecule has 0 amide bonds. The molecule has 0 aromatic heterocycles. The highest BCUT2D eigenvalue weighted by atomic mass is 19.4. The molecule has 0 bridgehead atoms. The molecule has 104 valence electrons. The molecule has 2 atom stereocenters. The molecule has 0 saturated heterocycles. The molecule has 0 spiro atoms. The van der Waals surface area contributed by atoms with E-state index in [0.29, 0.717) is 13.0 Å². The molecule has 2 N–H and O–H groups in total. The third kappa shape index (κ3) is 8.40. The zero-order valence-electron chi connectivity index (χ0n) is 10.6. The molecule has 6 heteroatoms. The van der Waals surface area contributed by atoms with E-state index in [4.69, 9.17) is 4.74 Å². The van der Waals surface area contributed by atoms with Gasteiger partial charge in [0.2, 0.25) is 0 Å². The number of likely N-dealkylation sites (N-methyl/N-ethyl adjacent to an activating group) is 1. The average molecular weight is 257 g/mol. The highest BCUT2D eigenvalue weighted by molar-refractivity contribution is 4.84. The summed E-state index contributed by atoms with van der Waals surface area (Å²) in [6.07, 6.45) is -4.97. The van der Waals surface area contributed by atoms with Crippen molar-refractivity contribution in [2.24, 2.45) is 0 Å². The first-order valence-corrected chi connectivity index (χ1v) is 5.76. The normalized spacial score (nSPS) is 17.8. The van der Waals surface area contributed by atoms with Crippen molar-refractivity contribution in [2.75, 3.05) is 19.8 Å². The molecule has 0 aliphatic rings. The lowest BCUT2D eigenvalue weighted by Crippen LogP contribution is -2.48. The molecule has 0 aromatic rings. The van der Waals surface area contributed by atoms with Gasteiger partial charge in [0.25, 0.3) is 0 Å². The highest BCUT2D eigenvalue weighted by Crippen LogP contribution is 2.20. The monoisotopic (exact) mass is 257 g/mol. The second kappa shape index (κ2) is 7.18. The van der Waals surface area contributed by atoms with Crippen molar-refractivity contribution in [2.45, 2.75) is 51.4 Å². The molecule has 0 aromatic carbocycles. The zero-order chi connectivity index (χ0) is 13.5. The van der Waals surface area contributed by atoms with E-state index in [9.17, 15) is 18.3 Å². The van der Waals surface area contributed by atoms with E-state index in [-0.39, 0.29) is 19.3 Å². The Labute approximate surface area is 100 Å². The second-order valence-corrected chi connectivity index (χ2v) is 4.50. The molecule has 0 radical (unpaired) electrons. The summed E-state index contributed by atoms with van der Waals surface area (Å²) in [6, 6.07) is 0. The lowest BCUT2D eigenvalue weighted by Gasteiger charge is -2.31. The van der Waals surface area contributed by atoms with Crippen LogP contribution in [0.25, 0.3) is 0 Å². The Morgan fingerprint density at radius 3 is 2.35 bits per heavy atom. The topological polar surface area (TPSA) is 41.5 Å². The van der Waals surface area contributed by atoms with Crippen LogP contribution in [-0.4, -0.2) is 42.7 Å². The number of ether oxygens (including phenoxy) is 1. The molecule has 3 nitrogen and oxygen atoms in total. The molecule has 0 fully saturated rings. The highest BCUT2D eigenvalue weighted by Gasteiger charge is 2.28. The summed E-state index contributed by atoms with van der Waals surface area (Å²) in [5.41, 5.74) is -0.508. The van der Waals surface area contributed by atoms with Crippen LogP contribution >= 0.6 is 0 Å². The fraction of sp³-hybridized carbons (Fsp3) is 1.00. The number of nitrogens with one attached hydrogen (secondary N) is 1. The van der Waals surface area contributed by atoms with Gasteiger partial charge < -0.3 is 15.2 Å². The summed E-state index contributed by atoms with van der Waals surface area (Å²) in [6.45, 7) is 5.71. The van der Waals surface area contributed by atoms with Crippen LogP contribution in [0.5, 0.6) is 0 Å². The minimum atomic E-state index is -4.18. The molecule has 0 aliphatic heterocycles. The molecular formula is C11H22F3NO2. The summed E-state index contributed by atoms with van der Waals surface area (Å²) in [5, 5.41) is 12.3. The van der Waals surface area contributed by atoms with Crippen molar-refractivity contribution in [1.82, 2.24) is 5.32 Å². The average Bonchev–Trinajstić information content (AvgIpc) is 2.15. The number of aliphatic hydroxyl groups is 1. The smallest absolute Gasteiger partial charge is 0.391 e. The van der Waals surface area contributed by atoms with Crippen LogP contribution in [0.1, 0.15) is 33.6 Å². The van der Waals surface area contributed by atoms with Gasteiger partial charge in [-0.25, -0.2) is 0 Å². The van der Waals surface area contributed by atoms with E-state index in [1.54, 1.807) is 6.92 Å². The maximum Gasteiger partial charge on any atom is 0.391 e. The Kier molecular flexibility index (Phi) is 7.04. The van der Waals surface area contributed by atoms with Crippen molar-refractivity contribution < 1.29 is 23.0 Å². The SMILES string of the molecule is CCNC(C)(CO)CC(C)OCCC(F)(F)F. The largest absolute Gasteiger partial charge is 0.394 e. The molecule has 0 heterocycles. The maximum absolute atomic E-state index is 11.9. The van der Waals surface area contributed by atoms with Gasteiger partial charge in [0.05, 0.1) is 25.7 Å². The summed E-state index contributed by atoms with van der Waals surface area (Å²) in [4.78, 5) is 0. The van der Waals surface area contributed by atoms with Gasteiger partial charge in [-0.05, 0) is 26.8 Å². The second-order valence-electron chi connectivity index (χ2n) is 4.50. The third-order valence-corrected chi connectivity index (χ3v) is 2.48. The quantitative estimate of drug-likeness (QED) is 0.699. The van der Waals surface area contributed by atoms with Crippen molar-refractivity contribution >= 4 is 0 Å². The van der Waals surface area contributed by atoms with Crippen LogP contribution in [0, 0.1) is 0 Å². The lowest BCUT2D eigenvalue weighted by molar-refractivity contribution is -0.149. The summed E-state index contributed by atoms with van der Waals surface area (Å²) < 4.78 is 40.8. The zero-order valence-corrected chi connectivity index (χ0v) is 10.6. The van der Waals surface area contributed by atoms with Gasteiger partial charge in [0, 0.05) is 5.54 Å². The van der Waals surface area contributed by atoms with Crippen LogP contribution in [0.2, 0.25) is 0 Å². The number of hydrogen-bond donors (Lipinski definition) is 2. The van der Waals surface area contributed by atoms with Gasteiger partial charge in [-0.15, -0.1) is 0 Å². The first kappa shape index (κ1) is 16.7. The maximum atomic E-state index is 11.9. The van der Waals surface area contributed by atoms with E-state index in [0.717, 1.165) is 0 Å². The van der Waals surface area contributed by atoms with E-state index < -0.39 is 18.1 Å². The van der Waals surface area contributed by atoms with Gasteiger partial charge in [-0.3, -0.25) is 0 Å². The van der Waals surface area contributed by atoms with Crippen LogP contribution in [0.4, 0.5) is 13.2 Å².